The van der Waals surface area contributed by atoms with E-state index in [-0.39, 0.29) is 23.7 Å². The summed E-state index contributed by atoms with van der Waals surface area (Å²) in [5, 5.41) is 1.76. The summed E-state index contributed by atoms with van der Waals surface area (Å²) in [5.41, 5.74) is 0.929. The minimum atomic E-state index is -3.47. The van der Waals surface area contributed by atoms with Crippen LogP contribution in [0.15, 0.2) is 46.0 Å². The van der Waals surface area contributed by atoms with Gasteiger partial charge in [-0.15, -0.1) is 11.3 Å². The van der Waals surface area contributed by atoms with Crippen molar-refractivity contribution in [2.24, 2.45) is 5.92 Å². The number of benzene rings is 1. The summed E-state index contributed by atoms with van der Waals surface area (Å²) in [6, 6.07) is 9.94. The van der Waals surface area contributed by atoms with Crippen molar-refractivity contribution in [2.75, 3.05) is 13.1 Å². The quantitative estimate of drug-likeness (QED) is 0.625. The highest BCUT2D eigenvalue weighted by molar-refractivity contribution is 7.91. The van der Waals surface area contributed by atoms with Crippen molar-refractivity contribution in [3.63, 3.8) is 0 Å². The number of hydrogen-bond donors (Lipinski definition) is 0. The molecule has 2 heterocycles. The monoisotopic (exact) mass is 464 g/mol. The maximum absolute atomic E-state index is 13.5. The Bertz CT molecular complexity index is 963. The van der Waals surface area contributed by atoms with Crippen molar-refractivity contribution in [3.05, 3.63) is 53.2 Å². The molecule has 5 nitrogen and oxygen atoms in total. The molecule has 1 aliphatic heterocycles. The van der Waals surface area contributed by atoms with Crippen molar-refractivity contribution in [3.8, 4) is 0 Å². The first-order valence-electron chi connectivity index (χ1n) is 11.0. The topological polar surface area (TPSA) is 57.7 Å². The molecule has 0 bridgehead atoms. The molecule has 2 fully saturated rings. The molecule has 0 atom stereocenters. The first-order valence-corrected chi connectivity index (χ1v) is 13.4. The van der Waals surface area contributed by atoms with Gasteiger partial charge in [0.05, 0.1) is 0 Å². The zero-order valence-electron chi connectivity index (χ0n) is 17.6. The molecule has 0 unspecified atom stereocenters. The summed E-state index contributed by atoms with van der Waals surface area (Å²) in [6.07, 6.45) is 6.52. The van der Waals surface area contributed by atoms with Crippen LogP contribution in [0.25, 0.3) is 0 Å². The lowest BCUT2D eigenvalue weighted by molar-refractivity contribution is -0.140. The van der Waals surface area contributed by atoms with Gasteiger partial charge in [0.25, 0.3) is 10.0 Å². The van der Waals surface area contributed by atoms with Crippen molar-refractivity contribution < 1.29 is 17.6 Å². The van der Waals surface area contributed by atoms with E-state index in [1.807, 2.05) is 4.90 Å². The van der Waals surface area contributed by atoms with E-state index in [4.69, 9.17) is 0 Å². The Hall–Kier alpha value is -1.77. The molecule has 4 rings (SSSR count). The summed E-state index contributed by atoms with van der Waals surface area (Å²) in [6.45, 7) is 1.22. The number of nitrogens with zero attached hydrogens (tertiary/aromatic N) is 2. The van der Waals surface area contributed by atoms with Crippen LogP contribution in [0.4, 0.5) is 4.39 Å². The van der Waals surface area contributed by atoms with Gasteiger partial charge in [-0.3, -0.25) is 4.79 Å². The van der Waals surface area contributed by atoms with Crippen LogP contribution in [0.2, 0.25) is 0 Å². The Balaban J connectivity index is 1.45. The van der Waals surface area contributed by atoms with Crippen molar-refractivity contribution in [1.82, 2.24) is 9.21 Å². The molecular weight excluding hydrogens is 435 g/mol. The summed E-state index contributed by atoms with van der Waals surface area (Å²) >= 11 is 1.23. The van der Waals surface area contributed by atoms with Gasteiger partial charge in [-0.2, -0.15) is 4.31 Å². The third kappa shape index (κ3) is 5.18. The first kappa shape index (κ1) is 22.4. The number of carbonyl (C=O) groups excluding carboxylic acids is 1. The maximum Gasteiger partial charge on any atom is 0.252 e. The molecule has 168 valence electrons. The number of rotatable bonds is 6. The Morgan fingerprint density at radius 2 is 1.71 bits per heavy atom. The minimum absolute atomic E-state index is 0.115. The smallest absolute Gasteiger partial charge is 0.252 e. The molecule has 0 N–H and O–H groups in total. The van der Waals surface area contributed by atoms with Gasteiger partial charge in [0.1, 0.15) is 10.0 Å². The van der Waals surface area contributed by atoms with E-state index in [2.05, 4.69) is 0 Å². The van der Waals surface area contributed by atoms with E-state index in [1.165, 1.54) is 34.2 Å². The zero-order valence-corrected chi connectivity index (χ0v) is 19.2. The third-order valence-electron chi connectivity index (χ3n) is 6.46. The number of amides is 1. The number of thiophene rings is 1. The average Bonchev–Trinajstić information content (AvgIpc) is 3.35. The Morgan fingerprint density at radius 3 is 2.32 bits per heavy atom. The van der Waals surface area contributed by atoms with Crippen LogP contribution >= 0.6 is 11.3 Å². The lowest BCUT2D eigenvalue weighted by Crippen LogP contribution is -2.47. The van der Waals surface area contributed by atoms with E-state index >= 15 is 0 Å². The number of piperidine rings is 1. The number of carbonyl (C=O) groups is 1. The Labute approximate surface area is 187 Å². The van der Waals surface area contributed by atoms with Crippen LogP contribution in [-0.4, -0.2) is 42.7 Å². The van der Waals surface area contributed by atoms with Gasteiger partial charge in [0.2, 0.25) is 5.91 Å². The second kappa shape index (κ2) is 9.79. The molecule has 1 saturated heterocycles. The fourth-order valence-corrected chi connectivity index (χ4v) is 7.30. The SMILES string of the molecule is O=C(C1CCN(S(=O)(=O)c2cccs2)CC1)N(Cc1ccc(F)cc1)C1CCCCC1. The van der Waals surface area contributed by atoms with E-state index in [1.54, 1.807) is 29.6 Å². The van der Waals surface area contributed by atoms with E-state index < -0.39 is 10.0 Å². The molecule has 2 aromatic rings. The zero-order chi connectivity index (χ0) is 21.8. The van der Waals surface area contributed by atoms with E-state index in [9.17, 15) is 17.6 Å². The van der Waals surface area contributed by atoms with Gasteiger partial charge < -0.3 is 4.90 Å². The summed E-state index contributed by atoms with van der Waals surface area (Å²) in [5.74, 6) is -0.333. The fraction of sp³-hybridized carbons (Fsp3) is 0.522. The molecule has 1 aromatic carbocycles. The summed E-state index contributed by atoms with van der Waals surface area (Å²) < 4.78 is 40.8. The van der Waals surface area contributed by atoms with Gasteiger partial charge in [-0.25, -0.2) is 12.8 Å². The highest BCUT2D eigenvalue weighted by atomic mass is 32.2. The molecule has 1 aliphatic carbocycles. The lowest BCUT2D eigenvalue weighted by Gasteiger charge is -2.39. The lowest BCUT2D eigenvalue weighted by atomic mass is 9.90. The molecule has 1 aromatic heterocycles. The molecule has 31 heavy (non-hydrogen) atoms. The predicted molar refractivity (Wildman–Crippen MR) is 120 cm³/mol. The second-order valence-electron chi connectivity index (χ2n) is 8.49. The minimum Gasteiger partial charge on any atom is -0.335 e. The number of halogens is 1. The molecule has 0 radical (unpaired) electrons. The number of sulfonamides is 1. The van der Waals surface area contributed by atoms with Crippen LogP contribution in [0.5, 0.6) is 0 Å². The standard InChI is InChI=1S/C23H29FN2O3S2/c24-20-10-8-18(9-11-20)17-26(21-5-2-1-3-6-21)23(27)19-12-14-25(15-13-19)31(28,29)22-7-4-16-30-22/h4,7-11,16,19,21H,1-3,5-6,12-15,17H2. The molecule has 1 amide bonds. The largest absolute Gasteiger partial charge is 0.335 e. The van der Waals surface area contributed by atoms with Gasteiger partial charge in [-0.1, -0.05) is 37.5 Å². The van der Waals surface area contributed by atoms with Crippen LogP contribution in [-0.2, 0) is 21.4 Å². The van der Waals surface area contributed by atoms with Crippen molar-refractivity contribution in [2.45, 2.75) is 61.7 Å². The summed E-state index contributed by atoms with van der Waals surface area (Å²) in [4.78, 5) is 15.5. The van der Waals surface area contributed by atoms with Crippen LogP contribution in [0.3, 0.4) is 0 Å². The maximum atomic E-state index is 13.5. The molecule has 8 heteroatoms. The first-order chi connectivity index (χ1) is 14.9. The predicted octanol–water partition coefficient (Wildman–Crippen LogP) is 4.65. The summed E-state index contributed by atoms with van der Waals surface area (Å²) in [7, 11) is -3.47. The highest BCUT2D eigenvalue weighted by Crippen LogP contribution is 2.30. The van der Waals surface area contributed by atoms with Gasteiger partial charge in [0.15, 0.2) is 0 Å². The van der Waals surface area contributed by atoms with E-state index in [0.29, 0.717) is 36.7 Å². The molecular formula is C23H29FN2O3S2. The van der Waals surface area contributed by atoms with Crippen LogP contribution in [0.1, 0.15) is 50.5 Å². The number of hydrogen-bond acceptors (Lipinski definition) is 4. The van der Waals surface area contributed by atoms with Crippen molar-refractivity contribution in [1.29, 1.82) is 0 Å². The van der Waals surface area contributed by atoms with Crippen molar-refractivity contribution >= 4 is 27.3 Å². The van der Waals surface area contributed by atoms with Crippen LogP contribution < -0.4 is 0 Å². The molecule has 0 spiro atoms. The average molecular weight is 465 g/mol. The normalized spacial score (nSPS) is 19.4. The van der Waals surface area contributed by atoms with Gasteiger partial charge in [-0.05, 0) is 54.8 Å². The Kier molecular flexibility index (Phi) is 7.08. The van der Waals surface area contributed by atoms with Gasteiger partial charge >= 0.3 is 0 Å². The third-order valence-corrected chi connectivity index (χ3v) is 9.73. The fourth-order valence-electron chi connectivity index (χ4n) is 4.68. The molecule has 1 saturated carbocycles. The highest BCUT2D eigenvalue weighted by Gasteiger charge is 2.36. The Morgan fingerprint density at radius 1 is 1.03 bits per heavy atom. The van der Waals surface area contributed by atoms with Crippen LogP contribution in [0, 0.1) is 11.7 Å². The van der Waals surface area contributed by atoms with E-state index in [0.717, 1.165) is 31.2 Å². The second-order valence-corrected chi connectivity index (χ2v) is 11.6. The molecule has 2 aliphatic rings. The van der Waals surface area contributed by atoms with Gasteiger partial charge in [0, 0.05) is 31.6 Å².